The quantitative estimate of drug-likeness (QED) is 0.704. The van der Waals surface area contributed by atoms with E-state index in [-0.39, 0.29) is 87.3 Å². The molecule has 2 N–H and O–H groups in total. The van der Waals surface area contributed by atoms with Gasteiger partial charge in [0.1, 0.15) is 0 Å². The SMILES string of the molecule is [NH-]C(=O)c1cc2c(cc1NC=O)OC(F)(F)O2.[Rb+]. The zero-order chi connectivity index (χ0) is 12.6. The second-order valence-corrected chi connectivity index (χ2v) is 3.10. The molecule has 0 bridgehead atoms. The number of anilines is 1. The van der Waals surface area contributed by atoms with E-state index in [1.54, 1.807) is 0 Å². The minimum atomic E-state index is -3.81. The number of nitrogens with one attached hydrogen (secondary N) is 2. The van der Waals surface area contributed by atoms with Gasteiger partial charge in [-0.15, -0.1) is 8.78 Å². The van der Waals surface area contributed by atoms with Crippen molar-refractivity contribution in [1.82, 2.24) is 0 Å². The Morgan fingerprint density at radius 1 is 1.33 bits per heavy atom. The van der Waals surface area contributed by atoms with Crippen LogP contribution in [0.4, 0.5) is 14.5 Å². The fourth-order valence-corrected chi connectivity index (χ4v) is 1.37. The summed E-state index contributed by atoms with van der Waals surface area (Å²) in [6.07, 6.45) is -3.56. The third-order valence-electron chi connectivity index (χ3n) is 2.00. The molecule has 0 unspecified atom stereocenters. The molecule has 0 spiro atoms. The Labute approximate surface area is 149 Å². The summed E-state index contributed by atoms with van der Waals surface area (Å²) in [5.41, 5.74) is 6.56. The first-order chi connectivity index (χ1) is 7.93. The van der Waals surface area contributed by atoms with Gasteiger partial charge in [-0.2, -0.15) is 0 Å². The number of rotatable bonds is 3. The van der Waals surface area contributed by atoms with Crippen LogP contribution in [0.3, 0.4) is 0 Å². The van der Waals surface area contributed by atoms with Gasteiger partial charge in [-0.25, -0.2) is 0 Å². The first-order valence-corrected chi connectivity index (χ1v) is 4.33. The van der Waals surface area contributed by atoms with Crippen LogP contribution in [-0.4, -0.2) is 18.6 Å². The van der Waals surface area contributed by atoms with E-state index >= 15 is 0 Å². The van der Waals surface area contributed by atoms with Gasteiger partial charge in [0.15, 0.2) is 11.5 Å². The van der Waals surface area contributed by atoms with E-state index in [9.17, 15) is 18.4 Å². The average Bonchev–Trinajstić information content (AvgIpc) is 2.50. The Hall–Kier alpha value is -0.575. The summed E-state index contributed by atoms with van der Waals surface area (Å²) in [6, 6.07) is 1.91. The van der Waals surface area contributed by atoms with Gasteiger partial charge in [0.05, 0.1) is 11.6 Å². The zero-order valence-electron chi connectivity index (χ0n) is 9.12. The molecule has 18 heavy (non-hydrogen) atoms. The molecule has 0 aromatic heterocycles. The predicted octanol–water partition coefficient (Wildman–Crippen LogP) is -1.23. The van der Waals surface area contributed by atoms with Gasteiger partial charge in [0.2, 0.25) is 6.41 Å². The van der Waals surface area contributed by atoms with Crippen LogP contribution in [0, 0.1) is 0 Å². The van der Waals surface area contributed by atoms with Gasteiger partial charge in [-0.1, -0.05) is 0 Å². The molecule has 90 valence electrons. The van der Waals surface area contributed by atoms with E-state index in [1.807, 2.05) is 0 Å². The Bertz CT molecular complexity index is 510. The molecule has 1 aromatic carbocycles. The number of amides is 2. The van der Waals surface area contributed by atoms with E-state index in [0.29, 0.717) is 0 Å². The number of carbonyl (C=O) groups excluding carboxylic acids is 2. The zero-order valence-corrected chi connectivity index (χ0v) is 14.0. The smallest absolute Gasteiger partial charge is 0.663 e. The average molecular weight is 329 g/mol. The molecule has 6 nitrogen and oxygen atoms in total. The van der Waals surface area contributed by atoms with Gasteiger partial charge >= 0.3 is 64.5 Å². The summed E-state index contributed by atoms with van der Waals surface area (Å²) in [4.78, 5) is 21.2. The summed E-state index contributed by atoms with van der Waals surface area (Å²) < 4.78 is 33.7. The normalized spacial score (nSPS) is 14.6. The number of hydrogen-bond donors (Lipinski definition) is 1. The van der Waals surface area contributed by atoms with Crippen LogP contribution in [0.15, 0.2) is 12.1 Å². The molecule has 0 fully saturated rings. The molecule has 1 aliphatic rings. The summed E-state index contributed by atoms with van der Waals surface area (Å²) in [6.45, 7) is 0. The van der Waals surface area contributed by atoms with Crippen molar-refractivity contribution in [2.24, 2.45) is 0 Å². The first-order valence-electron chi connectivity index (χ1n) is 4.33. The Balaban J connectivity index is 0.00000162. The summed E-state index contributed by atoms with van der Waals surface area (Å²) in [7, 11) is 0. The molecule has 0 aliphatic carbocycles. The van der Waals surface area contributed by atoms with Crippen LogP contribution >= 0.6 is 0 Å². The first kappa shape index (κ1) is 15.5. The predicted molar refractivity (Wildman–Crippen MR) is 51.0 cm³/mol. The molecule has 9 heteroatoms. The largest absolute Gasteiger partial charge is 1.00 e. The minimum Gasteiger partial charge on any atom is -0.663 e. The molecule has 0 saturated heterocycles. The molecule has 0 radical (unpaired) electrons. The van der Waals surface area contributed by atoms with Crippen LogP contribution in [-0.2, 0) is 4.79 Å². The van der Waals surface area contributed by atoms with Crippen LogP contribution in [0.25, 0.3) is 5.73 Å². The molecular weight excluding hydrogens is 324 g/mol. The van der Waals surface area contributed by atoms with E-state index in [4.69, 9.17) is 5.73 Å². The van der Waals surface area contributed by atoms with E-state index < -0.39 is 12.2 Å². The fraction of sp³-hybridized carbons (Fsp3) is 0.111. The van der Waals surface area contributed by atoms with Crippen molar-refractivity contribution in [2.45, 2.75) is 6.29 Å². The maximum Gasteiger partial charge on any atom is 1.00 e. The standard InChI is InChI=1S/C9H6F2N2O4.Rb/c10-9(11)16-6-1-4(8(12)15)5(13-3-14)2-7(6)17-9;/h1-3H,(H3,12,13,14,15);/q;+1/p-1. The van der Waals surface area contributed by atoms with E-state index in [1.165, 1.54) is 0 Å². The third-order valence-corrected chi connectivity index (χ3v) is 2.00. The topological polar surface area (TPSA) is 88.4 Å². The number of fused-ring (bicyclic) bond motifs is 1. The summed E-state index contributed by atoms with van der Waals surface area (Å²) >= 11 is 0. The third kappa shape index (κ3) is 3.05. The van der Waals surface area contributed by atoms with Crippen LogP contribution < -0.4 is 73.0 Å². The summed E-state index contributed by atoms with van der Waals surface area (Å²) in [5.74, 6) is -1.82. The maximum atomic E-state index is 12.7. The molecular formula is C9H5F2N2O4Rb. The van der Waals surface area contributed by atoms with Crippen molar-refractivity contribution in [1.29, 1.82) is 0 Å². The van der Waals surface area contributed by atoms with Crippen molar-refractivity contribution < 1.29 is 86.0 Å². The second-order valence-electron chi connectivity index (χ2n) is 3.10. The number of alkyl halides is 2. The molecule has 0 atom stereocenters. The van der Waals surface area contributed by atoms with Crippen molar-refractivity contribution in [3.8, 4) is 11.5 Å². The van der Waals surface area contributed by atoms with Crippen LogP contribution in [0.2, 0.25) is 0 Å². The number of carbonyl (C=O) groups is 2. The monoisotopic (exact) mass is 328 g/mol. The Morgan fingerprint density at radius 3 is 2.39 bits per heavy atom. The van der Waals surface area contributed by atoms with Gasteiger partial charge < -0.3 is 25.3 Å². The molecule has 1 aromatic rings. The van der Waals surface area contributed by atoms with Crippen LogP contribution in [0.1, 0.15) is 10.4 Å². The number of benzene rings is 1. The van der Waals surface area contributed by atoms with Gasteiger partial charge in [0, 0.05) is 11.6 Å². The summed E-state index contributed by atoms with van der Waals surface area (Å²) in [5, 5.41) is 2.11. The van der Waals surface area contributed by atoms with Gasteiger partial charge in [-0.3, -0.25) is 4.79 Å². The molecule has 2 rings (SSSR count). The van der Waals surface area contributed by atoms with Gasteiger partial charge in [-0.05, 0) is 6.07 Å². The molecule has 1 aliphatic heterocycles. The Kier molecular flexibility index (Phi) is 4.81. The molecule has 0 saturated carbocycles. The minimum absolute atomic E-state index is 0. The maximum absolute atomic E-state index is 12.7. The van der Waals surface area contributed by atoms with Crippen molar-refractivity contribution in [3.05, 3.63) is 23.4 Å². The number of hydrogen-bond acceptors (Lipinski definition) is 4. The second kappa shape index (κ2) is 5.60. The van der Waals surface area contributed by atoms with E-state index in [2.05, 4.69) is 14.8 Å². The molecule has 2 amide bonds. The van der Waals surface area contributed by atoms with Crippen LogP contribution in [0.5, 0.6) is 11.5 Å². The molecule has 1 heterocycles. The number of ether oxygens (including phenoxy) is 2. The van der Waals surface area contributed by atoms with Crippen molar-refractivity contribution in [2.75, 3.05) is 5.32 Å². The number of halogens is 2. The van der Waals surface area contributed by atoms with E-state index in [0.717, 1.165) is 12.1 Å². The van der Waals surface area contributed by atoms with Crippen molar-refractivity contribution >= 4 is 18.0 Å². The van der Waals surface area contributed by atoms with Gasteiger partial charge in [0.25, 0.3) is 0 Å². The van der Waals surface area contributed by atoms with Crippen molar-refractivity contribution in [3.63, 3.8) is 0 Å². The Morgan fingerprint density at radius 2 is 1.89 bits per heavy atom. The fourth-order valence-electron chi connectivity index (χ4n) is 1.37.